The molecule has 11 heavy (non-hydrogen) atoms. The van der Waals surface area contributed by atoms with Gasteiger partial charge < -0.3 is 5.11 Å². The van der Waals surface area contributed by atoms with Crippen molar-refractivity contribution in [3.63, 3.8) is 0 Å². The topological polar surface area (TPSA) is 44.0 Å². The minimum Gasteiger partial charge on any atom is -0.388 e. The van der Waals surface area contributed by atoms with Crippen LogP contribution in [-0.2, 0) is 0 Å². The van der Waals surface area contributed by atoms with Crippen LogP contribution in [0.2, 0.25) is 0 Å². The molecule has 2 nitrogen and oxygen atoms in total. The summed E-state index contributed by atoms with van der Waals surface area (Å²) < 4.78 is 0. The molecule has 0 aromatic carbocycles. The van der Waals surface area contributed by atoms with Crippen LogP contribution in [0.4, 0.5) is 0 Å². The minimum atomic E-state index is -0.580. The summed E-state index contributed by atoms with van der Waals surface area (Å²) >= 11 is 0. The third kappa shape index (κ3) is 1.44. The molecule has 0 fully saturated rings. The van der Waals surface area contributed by atoms with Crippen LogP contribution in [0.15, 0.2) is 12.2 Å². The van der Waals surface area contributed by atoms with Crippen molar-refractivity contribution in [2.24, 2.45) is 11.3 Å². The summed E-state index contributed by atoms with van der Waals surface area (Å²) in [4.78, 5) is 0. The van der Waals surface area contributed by atoms with E-state index in [1.54, 1.807) is 6.08 Å². The van der Waals surface area contributed by atoms with Gasteiger partial charge >= 0.3 is 0 Å². The highest BCUT2D eigenvalue weighted by Gasteiger charge is 2.35. The van der Waals surface area contributed by atoms with E-state index >= 15 is 0 Å². The number of hydrogen-bond acceptors (Lipinski definition) is 2. The lowest BCUT2D eigenvalue weighted by molar-refractivity contribution is 0.0934. The fourth-order valence-electron chi connectivity index (χ4n) is 1.46. The highest BCUT2D eigenvalue weighted by atomic mass is 16.3. The Morgan fingerprint density at radius 2 is 2.27 bits per heavy atom. The number of hydrogen-bond donors (Lipinski definition) is 1. The van der Waals surface area contributed by atoms with Crippen molar-refractivity contribution in [2.75, 3.05) is 0 Å². The monoisotopic (exact) mass is 151 g/mol. The van der Waals surface area contributed by atoms with Gasteiger partial charge in [0.1, 0.15) is 0 Å². The molecule has 0 radical (unpaired) electrons. The summed E-state index contributed by atoms with van der Waals surface area (Å²) in [6, 6.07) is 2.14. The molecule has 1 aliphatic rings. The number of aliphatic hydroxyl groups is 1. The first kappa shape index (κ1) is 8.29. The van der Waals surface area contributed by atoms with Crippen molar-refractivity contribution in [1.82, 2.24) is 0 Å². The highest BCUT2D eigenvalue weighted by Crippen LogP contribution is 2.36. The summed E-state index contributed by atoms with van der Waals surface area (Å²) in [5.41, 5.74) is -0.0804. The fourth-order valence-corrected chi connectivity index (χ4v) is 1.46. The van der Waals surface area contributed by atoms with Gasteiger partial charge in [0.05, 0.1) is 18.1 Å². The van der Waals surface area contributed by atoms with E-state index in [2.05, 4.69) is 6.07 Å². The molecular weight excluding hydrogens is 138 g/mol. The van der Waals surface area contributed by atoms with Crippen molar-refractivity contribution >= 4 is 0 Å². The van der Waals surface area contributed by atoms with E-state index in [0.717, 1.165) is 6.42 Å². The maximum Gasteiger partial charge on any atom is 0.0884 e. The Bertz CT molecular complexity index is 212. The zero-order valence-electron chi connectivity index (χ0n) is 6.91. The highest BCUT2D eigenvalue weighted by molar-refractivity contribution is 5.11. The second kappa shape index (κ2) is 2.67. The number of rotatable bonds is 0. The van der Waals surface area contributed by atoms with Crippen molar-refractivity contribution in [3.05, 3.63) is 12.2 Å². The largest absolute Gasteiger partial charge is 0.388 e. The summed E-state index contributed by atoms with van der Waals surface area (Å²) in [6.45, 7) is 4.02. The number of allylic oxidation sites excluding steroid dienone is 1. The van der Waals surface area contributed by atoms with Crippen molar-refractivity contribution in [2.45, 2.75) is 26.4 Å². The first-order valence-electron chi connectivity index (χ1n) is 3.82. The number of aliphatic hydroxyl groups excluding tert-OH is 1. The molecule has 0 aromatic rings. The molecule has 1 N–H and O–H groups in total. The molecule has 2 atom stereocenters. The van der Waals surface area contributed by atoms with Crippen LogP contribution in [0, 0.1) is 22.7 Å². The van der Waals surface area contributed by atoms with Gasteiger partial charge in [-0.1, -0.05) is 26.0 Å². The third-order valence-electron chi connectivity index (χ3n) is 2.30. The number of nitrogens with zero attached hydrogens (tertiary/aromatic N) is 1. The zero-order valence-corrected chi connectivity index (χ0v) is 6.91. The van der Waals surface area contributed by atoms with Crippen LogP contribution in [0.5, 0.6) is 0 Å². The molecule has 60 valence electrons. The van der Waals surface area contributed by atoms with Crippen LogP contribution in [0.3, 0.4) is 0 Å². The van der Waals surface area contributed by atoms with Crippen LogP contribution in [0.1, 0.15) is 20.3 Å². The van der Waals surface area contributed by atoms with Crippen molar-refractivity contribution < 1.29 is 5.11 Å². The van der Waals surface area contributed by atoms with E-state index in [1.807, 2.05) is 19.9 Å². The standard InChI is InChI=1S/C9H13NO/c1-9(2)5-3-4-8(11)7(9)6-10/h3-4,7-8,11H,5H2,1-2H3. The molecule has 0 aromatic heterocycles. The van der Waals surface area contributed by atoms with Crippen LogP contribution >= 0.6 is 0 Å². The molecule has 0 spiro atoms. The average Bonchev–Trinajstić information content (AvgIpc) is 1.86. The first-order chi connectivity index (χ1) is 5.08. The molecule has 2 heteroatoms. The molecular formula is C9H13NO. The van der Waals surface area contributed by atoms with E-state index in [9.17, 15) is 5.11 Å². The van der Waals surface area contributed by atoms with Gasteiger partial charge in [-0.05, 0) is 11.8 Å². The summed E-state index contributed by atoms with van der Waals surface area (Å²) in [7, 11) is 0. The molecule has 0 heterocycles. The van der Waals surface area contributed by atoms with Gasteiger partial charge in [0.25, 0.3) is 0 Å². The van der Waals surface area contributed by atoms with E-state index in [-0.39, 0.29) is 11.3 Å². The van der Waals surface area contributed by atoms with Gasteiger partial charge in [-0.15, -0.1) is 0 Å². The number of nitriles is 1. The predicted molar refractivity (Wildman–Crippen MR) is 42.6 cm³/mol. The van der Waals surface area contributed by atoms with E-state index < -0.39 is 6.10 Å². The van der Waals surface area contributed by atoms with E-state index in [1.165, 1.54) is 0 Å². The normalized spacial score (nSPS) is 34.7. The SMILES string of the molecule is CC1(C)CC=CC(O)C1C#N. The van der Waals surface area contributed by atoms with E-state index in [0.29, 0.717) is 0 Å². The summed E-state index contributed by atoms with van der Waals surface area (Å²) in [5.74, 6) is -0.257. The molecule has 1 rings (SSSR count). The van der Waals surface area contributed by atoms with Gasteiger partial charge in [0, 0.05) is 0 Å². The lowest BCUT2D eigenvalue weighted by Gasteiger charge is -2.33. The van der Waals surface area contributed by atoms with Gasteiger partial charge in [-0.25, -0.2) is 0 Å². The van der Waals surface area contributed by atoms with Crippen LogP contribution in [-0.4, -0.2) is 11.2 Å². The van der Waals surface area contributed by atoms with E-state index in [4.69, 9.17) is 5.26 Å². The molecule has 0 saturated carbocycles. The Morgan fingerprint density at radius 1 is 1.64 bits per heavy atom. The Labute approximate surface area is 67.2 Å². The Balaban J connectivity index is 2.87. The molecule has 2 unspecified atom stereocenters. The summed E-state index contributed by atoms with van der Waals surface area (Å²) in [5, 5.41) is 18.1. The lowest BCUT2D eigenvalue weighted by Crippen LogP contribution is -2.34. The second-order valence-electron chi connectivity index (χ2n) is 3.72. The molecule has 0 amide bonds. The van der Waals surface area contributed by atoms with Crippen LogP contribution < -0.4 is 0 Å². The Hall–Kier alpha value is -0.810. The Kier molecular flexibility index (Phi) is 2.01. The quantitative estimate of drug-likeness (QED) is 0.533. The maximum atomic E-state index is 9.40. The predicted octanol–water partition coefficient (Wildman–Crippen LogP) is 1.47. The first-order valence-corrected chi connectivity index (χ1v) is 3.82. The van der Waals surface area contributed by atoms with Gasteiger partial charge in [0.2, 0.25) is 0 Å². The molecule has 0 bridgehead atoms. The van der Waals surface area contributed by atoms with Gasteiger partial charge in [-0.3, -0.25) is 0 Å². The van der Waals surface area contributed by atoms with Crippen molar-refractivity contribution in [3.8, 4) is 6.07 Å². The maximum absolute atomic E-state index is 9.40. The molecule has 0 aliphatic heterocycles. The van der Waals surface area contributed by atoms with Gasteiger partial charge in [-0.2, -0.15) is 5.26 Å². The average molecular weight is 151 g/mol. The zero-order chi connectivity index (χ0) is 8.48. The van der Waals surface area contributed by atoms with Crippen molar-refractivity contribution in [1.29, 1.82) is 5.26 Å². The second-order valence-corrected chi connectivity index (χ2v) is 3.72. The molecule has 1 aliphatic carbocycles. The molecule has 0 saturated heterocycles. The Morgan fingerprint density at radius 3 is 2.64 bits per heavy atom. The van der Waals surface area contributed by atoms with Crippen LogP contribution in [0.25, 0.3) is 0 Å². The smallest absolute Gasteiger partial charge is 0.0884 e. The van der Waals surface area contributed by atoms with Gasteiger partial charge in [0.15, 0.2) is 0 Å². The lowest BCUT2D eigenvalue weighted by atomic mass is 9.71. The minimum absolute atomic E-state index is 0.0804. The summed E-state index contributed by atoms with van der Waals surface area (Å²) in [6.07, 6.45) is 3.95. The third-order valence-corrected chi connectivity index (χ3v) is 2.30. The fraction of sp³-hybridized carbons (Fsp3) is 0.667.